The quantitative estimate of drug-likeness (QED) is 0.831. The van der Waals surface area contributed by atoms with Crippen molar-refractivity contribution in [1.82, 2.24) is 9.97 Å². The zero-order valence-corrected chi connectivity index (χ0v) is 10.9. The van der Waals surface area contributed by atoms with Gasteiger partial charge in [0.15, 0.2) is 0 Å². The fourth-order valence-corrected chi connectivity index (χ4v) is 3.97. The van der Waals surface area contributed by atoms with Crippen molar-refractivity contribution in [2.24, 2.45) is 0 Å². The highest BCUT2D eigenvalue weighted by atomic mass is 32.2. The summed E-state index contributed by atoms with van der Waals surface area (Å²) in [4.78, 5) is 9.34. The molecule has 1 aliphatic heterocycles. The summed E-state index contributed by atoms with van der Waals surface area (Å²) in [5.74, 6) is 2.98. The number of nitrogen functional groups attached to an aromatic ring is 1. The second-order valence-electron chi connectivity index (χ2n) is 4.95. The molecule has 1 atom stereocenters. The molecule has 2 aliphatic rings. The van der Waals surface area contributed by atoms with Crippen LogP contribution in [0.2, 0.25) is 0 Å². The molecule has 1 fully saturated rings. The smallest absolute Gasteiger partial charge is 0.143 e. The Labute approximate surface area is 107 Å². The summed E-state index contributed by atoms with van der Waals surface area (Å²) in [6.07, 6.45) is 8.49. The Morgan fingerprint density at radius 1 is 1.06 bits per heavy atom. The van der Waals surface area contributed by atoms with Crippen molar-refractivity contribution in [2.45, 2.75) is 50.2 Å². The monoisotopic (exact) mass is 249 g/mol. The lowest BCUT2D eigenvalue weighted by atomic mass is 9.96. The molecule has 3 nitrogen and oxygen atoms in total. The van der Waals surface area contributed by atoms with Gasteiger partial charge in [0.05, 0.1) is 5.25 Å². The lowest BCUT2D eigenvalue weighted by molar-refractivity contribution is 0.631. The molecular formula is C13H19N3S. The first-order chi connectivity index (χ1) is 8.34. The predicted octanol–water partition coefficient (Wildman–Crippen LogP) is 2.90. The first kappa shape index (κ1) is 11.3. The van der Waals surface area contributed by atoms with E-state index in [1.165, 1.54) is 49.1 Å². The van der Waals surface area contributed by atoms with Crippen molar-refractivity contribution in [3.8, 4) is 0 Å². The van der Waals surface area contributed by atoms with E-state index in [0.717, 1.165) is 24.5 Å². The average Bonchev–Trinajstić information content (AvgIpc) is 2.40. The molecule has 1 aromatic heterocycles. The van der Waals surface area contributed by atoms with Gasteiger partial charge < -0.3 is 5.73 Å². The zero-order valence-electron chi connectivity index (χ0n) is 10.1. The van der Waals surface area contributed by atoms with Crippen LogP contribution in [0.3, 0.4) is 0 Å². The number of nitrogens with zero attached hydrogens (tertiary/aromatic N) is 2. The summed E-state index contributed by atoms with van der Waals surface area (Å²) >= 11 is 2.00. The van der Waals surface area contributed by atoms with Gasteiger partial charge in [0.1, 0.15) is 11.6 Å². The Morgan fingerprint density at radius 3 is 2.76 bits per heavy atom. The third kappa shape index (κ3) is 2.28. The van der Waals surface area contributed by atoms with Crippen LogP contribution in [0.4, 0.5) is 5.82 Å². The third-order valence-electron chi connectivity index (χ3n) is 3.70. The minimum atomic E-state index is 0.485. The Hall–Kier alpha value is -0.770. The van der Waals surface area contributed by atoms with Gasteiger partial charge in [-0.15, -0.1) is 0 Å². The van der Waals surface area contributed by atoms with Crippen LogP contribution in [0.25, 0.3) is 0 Å². The number of fused-ring (bicyclic) bond motifs is 1. The van der Waals surface area contributed by atoms with Crippen LogP contribution in [0.5, 0.6) is 0 Å². The van der Waals surface area contributed by atoms with Crippen LogP contribution in [0.1, 0.15) is 54.4 Å². The maximum Gasteiger partial charge on any atom is 0.143 e. The number of anilines is 1. The molecule has 1 aliphatic carbocycles. The van der Waals surface area contributed by atoms with Crippen LogP contribution in [-0.4, -0.2) is 15.7 Å². The van der Waals surface area contributed by atoms with Crippen molar-refractivity contribution in [3.05, 3.63) is 17.1 Å². The molecule has 0 radical (unpaired) electrons. The van der Waals surface area contributed by atoms with Crippen LogP contribution < -0.4 is 5.73 Å². The minimum absolute atomic E-state index is 0.485. The Kier molecular flexibility index (Phi) is 3.23. The minimum Gasteiger partial charge on any atom is -0.383 e. The van der Waals surface area contributed by atoms with Crippen molar-refractivity contribution in [1.29, 1.82) is 0 Å². The highest BCUT2D eigenvalue weighted by Crippen LogP contribution is 2.37. The van der Waals surface area contributed by atoms with E-state index in [2.05, 4.69) is 4.98 Å². The van der Waals surface area contributed by atoms with E-state index in [4.69, 9.17) is 10.7 Å². The number of aryl methyl sites for hydroxylation is 1. The van der Waals surface area contributed by atoms with Gasteiger partial charge in [0, 0.05) is 11.3 Å². The molecule has 0 saturated carbocycles. The predicted molar refractivity (Wildman–Crippen MR) is 72.1 cm³/mol. The number of rotatable bonds is 1. The molecule has 2 heterocycles. The summed E-state index contributed by atoms with van der Waals surface area (Å²) < 4.78 is 0. The summed E-state index contributed by atoms with van der Waals surface area (Å²) in [7, 11) is 0. The summed E-state index contributed by atoms with van der Waals surface area (Å²) in [5.41, 5.74) is 8.54. The highest BCUT2D eigenvalue weighted by molar-refractivity contribution is 7.99. The second-order valence-corrected chi connectivity index (χ2v) is 6.27. The van der Waals surface area contributed by atoms with E-state index in [1.54, 1.807) is 0 Å². The maximum absolute atomic E-state index is 6.09. The highest BCUT2D eigenvalue weighted by Gasteiger charge is 2.22. The molecule has 0 amide bonds. The number of aromatic nitrogens is 2. The van der Waals surface area contributed by atoms with E-state index in [1.807, 2.05) is 11.8 Å². The van der Waals surface area contributed by atoms with Gasteiger partial charge in [0.25, 0.3) is 0 Å². The van der Waals surface area contributed by atoms with Crippen LogP contribution >= 0.6 is 11.8 Å². The van der Waals surface area contributed by atoms with Crippen LogP contribution in [-0.2, 0) is 12.8 Å². The first-order valence-corrected chi connectivity index (χ1v) is 7.66. The standard InChI is InChI=1S/C13H19N3S/c14-12-9-5-1-2-6-10(9)15-13(16-12)11-7-3-4-8-17-11/h11H,1-8H2,(H2,14,15,16). The number of hydrogen-bond donors (Lipinski definition) is 1. The van der Waals surface area contributed by atoms with Gasteiger partial charge in [-0.3, -0.25) is 0 Å². The summed E-state index contributed by atoms with van der Waals surface area (Å²) in [6, 6.07) is 0. The lowest BCUT2D eigenvalue weighted by Gasteiger charge is -2.23. The first-order valence-electron chi connectivity index (χ1n) is 6.61. The number of nitrogens with two attached hydrogens (primary N) is 1. The van der Waals surface area contributed by atoms with Crippen LogP contribution in [0.15, 0.2) is 0 Å². The van der Waals surface area contributed by atoms with Gasteiger partial charge in [-0.25, -0.2) is 9.97 Å². The Bertz CT molecular complexity index is 413. The summed E-state index contributed by atoms with van der Waals surface area (Å²) in [6.45, 7) is 0. The van der Waals surface area contributed by atoms with E-state index < -0.39 is 0 Å². The fourth-order valence-electron chi connectivity index (χ4n) is 2.73. The van der Waals surface area contributed by atoms with Crippen LogP contribution in [0, 0.1) is 0 Å². The van der Waals surface area contributed by atoms with Crippen molar-refractivity contribution >= 4 is 17.6 Å². The van der Waals surface area contributed by atoms with E-state index in [-0.39, 0.29) is 0 Å². The Balaban J connectivity index is 1.92. The van der Waals surface area contributed by atoms with Crippen molar-refractivity contribution < 1.29 is 0 Å². The van der Waals surface area contributed by atoms with Gasteiger partial charge in [0.2, 0.25) is 0 Å². The van der Waals surface area contributed by atoms with Gasteiger partial charge >= 0.3 is 0 Å². The molecule has 1 aromatic rings. The molecule has 1 unspecified atom stereocenters. The van der Waals surface area contributed by atoms with E-state index in [0.29, 0.717) is 5.25 Å². The Morgan fingerprint density at radius 2 is 1.94 bits per heavy atom. The molecule has 4 heteroatoms. The average molecular weight is 249 g/mol. The second kappa shape index (κ2) is 4.84. The molecule has 17 heavy (non-hydrogen) atoms. The molecule has 1 saturated heterocycles. The van der Waals surface area contributed by atoms with Gasteiger partial charge in [-0.05, 0) is 44.3 Å². The molecule has 3 rings (SSSR count). The number of thioether (sulfide) groups is 1. The fraction of sp³-hybridized carbons (Fsp3) is 0.692. The zero-order chi connectivity index (χ0) is 11.7. The SMILES string of the molecule is Nc1nc(C2CCCCS2)nc2c1CCCC2. The molecular weight excluding hydrogens is 230 g/mol. The largest absolute Gasteiger partial charge is 0.383 e. The third-order valence-corrected chi connectivity index (χ3v) is 5.07. The summed E-state index contributed by atoms with van der Waals surface area (Å²) in [5, 5.41) is 0.485. The van der Waals surface area contributed by atoms with E-state index >= 15 is 0 Å². The molecule has 0 bridgehead atoms. The maximum atomic E-state index is 6.09. The lowest BCUT2D eigenvalue weighted by Crippen LogP contribution is -2.15. The molecule has 0 aromatic carbocycles. The molecule has 0 spiro atoms. The van der Waals surface area contributed by atoms with Gasteiger partial charge in [-0.2, -0.15) is 11.8 Å². The van der Waals surface area contributed by atoms with E-state index in [9.17, 15) is 0 Å². The van der Waals surface area contributed by atoms with Crippen molar-refractivity contribution in [3.63, 3.8) is 0 Å². The number of hydrogen-bond acceptors (Lipinski definition) is 4. The molecule has 92 valence electrons. The normalized spacial score (nSPS) is 24.4. The molecule has 2 N–H and O–H groups in total. The van der Waals surface area contributed by atoms with Gasteiger partial charge in [-0.1, -0.05) is 6.42 Å². The topological polar surface area (TPSA) is 51.8 Å². The van der Waals surface area contributed by atoms with Crippen molar-refractivity contribution in [2.75, 3.05) is 11.5 Å².